The first-order chi connectivity index (χ1) is 10.9. The molecule has 23 heavy (non-hydrogen) atoms. The van der Waals surface area contributed by atoms with E-state index < -0.39 is 10.4 Å². The average Bonchev–Trinajstić information content (AvgIpc) is 2.52. The van der Waals surface area contributed by atoms with E-state index in [4.69, 9.17) is 4.55 Å². The number of nitrogens with zero attached hydrogens (tertiary/aromatic N) is 1. The minimum atomic E-state index is -4.45. The Hall–Kier alpha value is -2.22. The molecule has 1 unspecified atom stereocenters. The molecular formula is C16H17NO5S. The van der Waals surface area contributed by atoms with Gasteiger partial charge in [0.05, 0.1) is 12.6 Å². The van der Waals surface area contributed by atoms with Gasteiger partial charge in [0, 0.05) is 12.6 Å². The Kier molecular flexibility index (Phi) is 5.49. The Bertz CT molecular complexity index is 747. The molecule has 1 aliphatic heterocycles. The van der Waals surface area contributed by atoms with Crippen molar-refractivity contribution >= 4 is 22.8 Å². The van der Waals surface area contributed by atoms with Crippen molar-refractivity contribution < 1.29 is 21.9 Å². The molecule has 0 amide bonds. The molecule has 0 fully saturated rings. The summed E-state index contributed by atoms with van der Waals surface area (Å²) in [4.78, 5) is 12.4. The molecule has 6 nitrogen and oxygen atoms in total. The first kappa shape index (κ1) is 17.1. The van der Waals surface area contributed by atoms with Crippen molar-refractivity contribution in [2.24, 2.45) is 0 Å². The van der Waals surface area contributed by atoms with Gasteiger partial charge in [-0.1, -0.05) is 42.5 Å². The third-order valence-electron chi connectivity index (χ3n) is 3.34. The van der Waals surface area contributed by atoms with Crippen LogP contribution in [0.15, 0.2) is 54.3 Å². The Morgan fingerprint density at radius 2 is 1.87 bits per heavy atom. The Morgan fingerprint density at radius 3 is 2.48 bits per heavy atom. The monoisotopic (exact) mass is 335 g/mol. The Labute approximate surface area is 135 Å². The number of likely N-dealkylation sites (N-methyl/N-ethyl adjacent to an activating group) is 1. The Balaban J connectivity index is 2.06. The van der Waals surface area contributed by atoms with Crippen LogP contribution in [0.3, 0.4) is 0 Å². The fourth-order valence-corrected chi connectivity index (χ4v) is 2.33. The van der Waals surface area contributed by atoms with Gasteiger partial charge in [0.2, 0.25) is 0 Å². The van der Waals surface area contributed by atoms with Crippen LogP contribution in [-0.4, -0.2) is 43.9 Å². The van der Waals surface area contributed by atoms with E-state index in [0.29, 0.717) is 5.56 Å². The number of hydrogen-bond acceptors (Lipinski definition) is 5. The van der Waals surface area contributed by atoms with E-state index in [1.165, 1.54) is 0 Å². The van der Waals surface area contributed by atoms with Crippen LogP contribution in [0.5, 0.6) is 0 Å². The number of rotatable bonds is 6. The van der Waals surface area contributed by atoms with Gasteiger partial charge >= 0.3 is 10.4 Å². The highest BCUT2D eigenvalue weighted by atomic mass is 32.3. The van der Waals surface area contributed by atoms with Crippen LogP contribution in [-0.2, 0) is 14.6 Å². The maximum atomic E-state index is 10.7. The zero-order valence-corrected chi connectivity index (χ0v) is 13.3. The fourth-order valence-electron chi connectivity index (χ4n) is 2.02. The van der Waals surface area contributed by atoms with Crippen LogP contribution >= 0.6 is 0 Å². The second-order valence-electron chi connectivity index (χ2n) is 5.05. The second-order valence-corrected chi connectivity index (χ2v) is 6.14. The van der Waals surface area contributed by atoms with Crippen molar-refractivity contribution in [2.45, 2.75) is 6.04 Å². The summed E-state index contributed by atoms with van der Waals surface area (Å²) in [5.74, 6) is 0. The number of carbonyl (C=O) groups is 1. The van der Waals surface area contributed by atoms with Gasteiger partial charge in [0.15, 0.2) is 0 Å². The molecule has 1 aliphatic rings. The van der Waals surface area contributed by atoms with Crippen molar-refractivity contribution in [3.63, 3.8) is 0 Å². The SMILES string of the molecule is CN1C=CC(C=Cc2ccc(C=O)cc2)=CC1COS(=O)(=O)O. The van der Waals surface area contributed by atoms with Crippen LogP contribution in [0, 0.1) is 0 Å². The lowest BCUT2D eigenvalue weighted by atomic mass is 10.1. The maximum absolute atomic E-state index is 10.7. The lowest BCUT2D eigenvalue weighted by Crippen LogP contribution is -2.32. The van der Waals surface area contributed by atoms with Crippen molar-refractivity contribution in [2.75, 3.05) is 13.7 Å². The molecule has 0 aliphatic carbocycles. The van der Waals surface area contributed by atoms with Crippen LogP contribution in [0.4, 0.5) is 0 Å². The number of benzene rings is 1. The quantitative estimate of drug-likeness (QED) is 0.633. The number of carbonyl (C=O) groups excluding carboxylic acids is 1. The summed E-state index contributed by atoms with van der Waals surface area (Å²) in [5, 5.41) is 0. The predicted octanol–water partition coefficient (Wildman–Crippen LogP) is 2.09. The second kappa shape index (κ2) is 7.36. The van der Waals surface area contributed by atoms with Crippen LogP contribution in [0.1, 0.15) is 15.9 Å². The molecule has 0 radical (unpaired) electrons. The summed E-state index contributed by atoms with van der Waals surface area (Å²) >= 11 is 0. The van der Waals surface area contributed by atoms with Crippen LogP contribution in [0.2, 0.25) is 0 Å². The van der Waals surface area contributed by atoms with E-state index in [1.54, 1.807) is 30.3 Å². The summed E-state index contributed by atoms with van der Waals surface area (Å²) in [7, 11) is -2.67. The van der Waals surface area contributed by atoms with Gasteiger partial charge < -0.3 is 4.90 Å². The summed E-state index contributed by atoms with van der Waals surface area (Å²) in [6.07, 6.45) is 10.1. The summed E-state index contributed by atoms with van der Waals surface area (Å²) in [5.41, 5.74) is 2.43. The number of hydrogen-bond donors (Lipinski definition) is 1. The molecule has 1 aromatic carbocycles. The smallest absolute Gasteiger partial charge is 0.372 e. The lowest BCUT2D eigenvalue weighted by molar-refractivity contribution is 0.112. The molecule has 1 heterocycles. The maximum Gasteiger partial charge on any atom is 0.397 e. The number of aldehydes is 1. The molecule has 0 bridgehead atoms. The Morgan fingerprint density at radius 1 is 1.22 bits per heavy atom. The molecule has 1 aromatic rings. The van der Waals surface area contributed by atoms with Crippen molar-refractivity contribution in [1.29, 1.82) is 0 Å². The topological polar surface area (TPSA) is 83.9 Å². The molecule has 122 valence electrons. The van der Waals surface area contributed by atoms with E-state index in [2.05, 4.69) is 4.18 Å². The highest BCUT2D eigenvalue weighted by molar-refractivity contribution is 7.80. The molecule has 0 saturated heterocycles. The minimum Gasteiger partial charge on any atom is -0.372 e. The van der Waals surface area contributed by atoms with Gasteiger partial charge in [-0.2, -0.15) is 8.42 Å². The first-order valence-electron chi connectivity index (χ1n) is 6.84. The highest BCUT2D eigenvalue weighted by Crippen LogP contribution is 2.16. The van der Waals surface area contributed by atoms with E-state index in [1.807, 2.05) is 36.4 Å². The van der Waals surface area contributed by atoms with Crippen molar-refractivity contribution in [3.05, 3.63) is 65.4 Å². The van der Waals surface area contributed by atoms with Gasteiger partial charge in [-0.15, -0.1) is 0 Å². The standard InChI is InChI=1S/C16H17NO5S/c1-17-9-8-14(10-16(17)12-22-23(19,20)21)5-2-13-3-6-15(11-18)7-4-13/h2-11,16H,12H2,1H3,(H,19,20,21). The molecule has 1 atom stereocenters. The van der Waals surface area contributed by atoms with Gasteiger partial charge in [-0.25, -0.2) is 4.18 Å². The summed E-state index contributed by atoms with van der Waals surface area (Å²) in [6, 6.07) is 6.82. The van der Waals surface area contributed by atoms with Crippen molar-refractivity contribution in [3.8, 4) is 0 Å². The van der Waals surface area contributed by atoms with Crippen LogP contribution < -0.4 is 0 Å². The fraction of sp³-hybridized carbons (Fsp3) is 0.188. The third-order valence-corrected chi connectivity index (χ3v) is 3.77. The third kappa shape index (κ3) is 5.48. The van der Waals surface area contributed by atoms with Gasteiger partial charge in [0.25, 0.3) is 0 Å². The van der Waals surface area contributed by atoms with Gasteiger partial charge in [0.1, 0.15) is 6.29 Å². The zero-order valence-electron chi connectivity index (χ0n) is 12.5. The number of allylic oxidation sites excluding steroid dienone is 3. The molecule has 0 spiro atoms. The molecule has 0 aromatic heterocycles. The molecule has 0 saturated carbocycles. The average molecular weight is 335 g/mol. The van der Waals surface area contributed by atoms with Gasteiger partial charge in [-0.3, -0.25) is 9.35 Å². The predicted molar refractivity (Wildman–Crippen MR) is 87.1 cm³/mol. The van der Waals surface area contributed by atoms with Crippen LogP contribution in [0.25, 0.3) is 6.08 Å². The first-order valence-corrected chi connectivity index (χ1v) is 8.21. The summed E-state index contributed by atoms with van der Waals surface area (Å²) in [6.45, 7) is -0.176. The molecule has 1 N–H and O–H groups in total. The van der Waals surface area contributed by atoms with E-state index in [9.17, 15) is 13.2 Å². The summed E-state index contributed by atoms with van der Waals surface area (Å²) < 4.78 is 34.4. The molecule has 7 heteroatoms. The normalized spacial score (nSPS) is 18.3. The highest BCUT2D eigenvalue weighted by Gasteiger charge is 2.16. The van der Waals surface area contributed by atoms with Gasteiger partial charge in [-0.05, 0) is 23.4 Å². The van der Waals surface area contributed by atoms with E-state index >= 15 is 0 Å². The van der Waals surface area contributed by atoms with Crippen molar-refractivity contribution in [1.82, 2.24) is 4.90 Å². The lowest BCUT2D eigenvalue weighted by Gasteiger charge is -2.26. The van der Waals surface area contributed by atoms with E-state index in [0.717, 1.165) is 17.4 Å². The van der Waals surface area contributed by atoms with E-state index in [-0.39, 0.29) is 12.6 Å². The minimum absolute atomic E-state index is 0.176. The molecule has 2 rings (SSSR count). The largest absolute Gasteiger partial charge is 0.397 e. The zero-order chi connectivity index (χ0) is 16.9. The molecular weight excluding hydrogens is 318 g/mol.